The lowest BCUT2D eigenvalue weighted by Gasteiger charge is -2.34. The highest BCUT2D eigenvalue weighted by Gasteiger charge is 2.22. The van der Waals surface area contributed by atoms with Crippen LogP contribution in [0.3, 0.4) is 0 Å². The van der Waals surface area contributed by atoms with Crippen molar-refractivity contribution < 1.29 is 9.53 Å². The zero-order valence-corrected chi connectivity index (χ0v) is 16.2. The van der Waals surface area contributed by atoms with E-state index >= 15 is 0 Å². The van der Waals surface area contributed by atoms with Crippen LogP contribution in [0.1, 0.15) is 18.9 Å². The van der Waals surface area contributed by atoms with E-state index in [4.69, 9.17) is 4.74 Å². The van der Waals surface area contributed by atoms with Gasteiger partial charge in [0.25, 0.3) is 5.56 Å². The van der Waals surface area contributed by atoms with Gasteiger partial charge >= 0.3 is 6.03 Å². The molecule has 8 heteroatoms. The maximum Gasteiger partial charge on any atom is 0.317 e. The van der Waals surface area contributed by atoms with Crippen molar-refractivity contribution in [3.05, 3.63) is 52.6 Å². The van der Waals surface area contributed by atoms with Crippen molar-refractivity contribution in [2.75, 3.05) is 44.2 Å². The molecule has 2 heterocycles. The molecule has 8 nitrogen and oxygen atoms in total. The van der Waals surface area contributed by atoms with Crippen molar-refractivity contribution in [3.63, 3.8) is 0 Å². The monoisotopic (exact) mass is 385 g/mol. The van der Waals surface area contributed by atoms with Crippen LogP contribution in [0.2, 0.25) is 0 Å². The molecule has 1 aromatic heterocycles. The number of carbonyl (C=O) groups excluding carboxylic acids is 1. The predicted molar refractivity (Wildman–Crippen MR) is 108 cm³/mol. The summed E-state index contributed by atoms with van der Waals surface area (Å²) in [6, 6.07) is 7.96. The standard InChI is InChI=1S/C20H27N5O3/c1-2-3-16-4-6-17(7-5-16)28-15-10-23-20(27)25-13-11-24(12-14-25)18-19(26)22-9-8-21-18/h4-9H,2-3,10-15H2,1H3,(H,22,26)(H,23,27). The lowest BCUT2D eigenvalue weighted by Crippen LogP contribution is -2.53. The summed E-state index contributed by atoms with van der Waals surface area (Å²) in [4.78, 5) is 34.5. The molecule has 1 aliphatic heterocycles. The fraction of sp³-hybridized carbons (Fsp3) is 0.450. The molecule has 2 amide bonds. The van der Waals surface area contributed by atoms with Crippen molar-refractivity contribution in [1.82, 2.24) is 20.2 Å². The second-order valence-corrected chi connectivity index (χ2v) is 6.69. The van der Waals surface area contributed by atoms with Gasteiger partial charge in [-0.05, 0) is 24.1 Å². The number of aryl methyl sites for hydroxylation is 1. The normalized spacial score (nSPS) is 14.0. The first kappa shape index (κ1) is 19.7. The topological polar surface area (TPSA) is 90.6 Å². The van der Waals surface area contributed by atoms with Crippen LogP contribution >= 0.6 is 0 Å². The Balaban J connectivity index is 1.37. The predicted octanol–water partition coefficient (Wildman–Crippen LogP) is 1.63. The van der Waals surface area contributed by atoms with Crippen molar-refractivity contribution in [1.29, 1.82) is 0 Å². The highest BCUT2D eigenvalue weighted by Crippen LogP contribution is 2.13. The third-order valence-electron chi connectivity index (χ3n) is 4.66. The lowest BCUT2D eigenvalue weighted by atomic mass is 10.1. The Morgan fingerprint density at radius 1 is 1.21 bits per heavy atom. The second kappa shape index (κ2) is 9.77. The molecule has 0 radical (unpaired) electrons. The number of rotatable bonds is 7. The number of nitrogens with one attached hydrogen (secondary N) is 2. The Morgan fingerprint density at radius 2 is 1.96 bits per heavy atom. The van der Waals surface area contributed by atoms with E-state index in [1.165, 1.54) is 11.8 Å². The zero-order valence-electron chi connectivity index (χ0n) is 16.2. The van der Waals surface area contributed by atoms with Crippen LogP contribution < -0.4 is 20.5 Å². The van der Waals surface area contributed by atoms with Crippen LogP contribution in [-0.2, 0) is 6.42 Å². The lowest BCUT2D eigenvalue weighted by molar-refractivity contribution is 0.191. The minimum absolute atomic E-state index is 0.114. The van der Waals surface area contributed by atoms with Crippen LogP contribution in [0.15, 0.2) is 41.5 Å². The minimum Gasteiger partial charge on any atom is -0.492 e. The number of anilines is 1. The molecule has 2 N–H and O–H groups in total. The first-order chi connectivity index (χ1) is 13.7. The van der Waals surface area contributed by atoms with Gasteiger partial charge in [0.15, 0.2) is 5.82 Å². The van der Waals surface area contributed by atoms with E-state index in [0.29, 0.717) is 45.1 Å². The van der Waals surface area contributed by atoms with Gasteiger partial charge in [0.05, 0.1) is 6.54 Å². The molecule has 2 aromatic rings. The average Bonchev–Trinajstić information content (AvgIpc) is 2.73. The Hall–Kier alpha value is -3.03. The highest BCUT2D eigenvalue weighted by molar-refractivity contribution is 5.74. The summed E-state index contributed by atoms with van der Waals surface area (Å²) >= 11 is 0. The minimum atomic E-state index is -0.208. The van der Waals surface area contributed by atoms with E-state index < -0.39 is 0 Å². The number of amides is 2. The number of urea groups is 1. The van der Waals surface area contributed by atoms with Crippen LogP contribution in [0.25, 0.3) is 0 Å². The molecule has 1 aromatic carbocycles. The quantitative estimate of drug-likeness (QED) is 0.707. The molecular formula is C20H27N5O3. The number of aromatic amines is 1. The second-order valence-electron chi connectivity index (χ2n) is 6.69. The van der Waals surface area contributed by atoms with Gasteiger partial charge in [-0.15, -0.1) is 0 Å². The number of piperazine rings is 1. The van der Waals surface area contributed by atoms with Crippen molar-refractivity contribution >= 4 is 11.8 Å². The molecule has 0 bridgehead atoms. The number of hydrogen-bond acceptors (Lipinski definition) is 5. The first-order valence-corrected chi connectivity index (χ1v) is 9.70. The van der Waals surface area contributed by atoms with Gasteiger partial charge in [-0.1, -0.05) is 25.5 Å². The molecule has 0 saturated carbocycles. The summed E-state index contributed by atoms with van der Waals surface area (Å²) in [5.74, 6) is 1.21. The van der Waals surface area contributed by atoms with Crippen LogP contribution in [0, 0.1) is 0 Å². The van der Waals surface area contributed by atoms with Crippen LogP contribution in [-0.4, -0.2) is 60.2 Å². The Morgan fingerprint density at radius 3 is 2.64 bits per heavy atom. The maximum absolute atomic E-state index is 12.3. The van der Waals surface area contributed by atoms with Crippen molar-refractivity contribution in [2.45, 2.75) is 19.8 Å². The van der Waals surface area contributed by atoms with E-state index in [1.807, 2.05) is 17.0 Å². The molecule has 0 atom stereocenters. The van der Waals surface area contributed by atoms with E-state index in [9.17, 15) is 9.59 Å². The highest BCUT2D eigenvalue weighted by atomic mass is 16.5. The molecule has 3 rings (SSSR count). The third-order valence-corrected chi connectivity index (χ3v) is 4.66. The zero-order chi connectivity index (χ0) is 19.8. The summed E-state index contributed by atoms with van der Waals surface area (Å²) in [6.45, 7) is 5.26. The largest absolute Gasteiger partial charge is 0.492 e. The number of aromatic nitrogens is 2. The third kappa shape index (κ3) is 5.25. The fourth-order valence-corrected chi connectivity index (χ4v) is 3.17. The summed E-state index contributed by atoms with van der Waals surface area (Å²) in [5, 5.41) is 2.88. The summed E-state index contributed by atoms with van der Waals surface area (Å²) < 4.78 is 5.68. The summed E-state index contributed by atoms with van der Waals surface area (Å²) in [6.07, 6.45) is 5.27. The number of carbonyl (C=O) groups is 1. The molecule has 0 aliphatic carbocycles. The maximum atomic E-state index is 12.3. The number of ether oxygens (including phenoxy) is 1. The molecule has 1 fully saturated rings. The van der Waals surface area contributed by atoms with Gasteiger partial charge in [0.1, 0.15) is 12.4 Å². The van der Waals surface area contributed by atoms with Gasteiger partial charge in [-0.25, -0.2) is 9.78 Å². The van der Waals surface area contributed by atoms with Gasteiger partial charge in [-0.3, -0.25) is 4.79 Å². The van der Waals surface area contributed by atoms with E-state index in [0.717, 1.165) is 18.6 Å². The van der Waals surface area contributed by atoms with Crippen molar-refractivity contribution in [2.24, 2.45) is 0 Å². The number of hydrogen-bond donors (Lipinski definition) is 2. The smallest absolute Gasteiger partial charge is 0.317 e. The van der Waals surface area contributed by atoms with Gasteiger partial charge in [0.2, 0.25) is 0 Å². The molecule has 1 aliphatic rings. The van der Waals surface area contributed by atoms with Crippen LogP contribution in [0.4, 0.5) is 10.6 Å². The van der Waals surface area contributed by atoms with Crippen molar-refractivity contribution in [3.8, 4) is 5.75 Å². The Kier molecular flexibility index (Phi) is 6.89. The SMILES string of the molecule is CCCc1ccc(OCCNC(=O)N2CCN(c3ncc[nH]c3=O)CC2)cc1. The summed E-state index contributed by atoms with van der Waals surface area (Å²) in [5.41, 5.74) is 1.09. The number of H-pyrrole nitrogens is 1. The molecule has 1 saturated heterocycles. The van der Waals surface area contributed by atoms with Crippen LogP contribution in [0.5, 0.6) is 5.75 Å². The molecule has 28 heavy (non-hydrogen) atoms. The Labute approximate surface area is 164 Å². The molecule has 150 valence electrons. The van der Waals surface area contributed by atoms with E-state index in [2.05, 4.69) is 34.3 Å². The van der Waals surface area contributed by atoms with Gasteiger partial charge < -0.3 is 24.8 Å². The number of nitrogens with zero attached hydrogens (tertiary/aromatic N) is 3. The average molecular weight is 385 g/mol. The fourth-order valence-electron chi connectivity index (χ4n) is 3.17. The first-order valence-electron chi connectivity index (χ1n) is 9.70. The Bertz CT molecular complexity index is 813. The molecule has 0 unspecified atom stereocenters. The van der Waals surface area contributed by atoms with E-state index in [1.54, 1.807) is 11.1 Å². The van der Waals surface area contributed by atoms with Gasteiger partial charge in [-0.2, -0.15) is 0 Å². The molecule has 0 spiro atoms. The summed E-state index contributed by atoms with van der Waals surface area (Å²) in [7, 11) is 0. The number of benzene rings is 1. The van der Waals surface area contributed by atoms with E-state index in [-0.39, 0.29) is 11.6 Å². The molecular weight excluding hydrogens is 358 g/mol. The van der Waals surface area contributed by atoms with Gasteiger partial charge in [0, 0.05) is 38.6 Å².